The number of hydrogen-bond donors (Lipinski definition) is 1. The molecule has 2 fully saturated rings. The maximum atomic E-state index is 14.5. The number of halogens is 1. The summed E-state index contributed by atoms with van der Waals surface area (Å²) < 4.78 is 25.5. The summed E-state index contributed by atoms with van der Waals surface area (Å²) in [7, 11) is 0. The minimum absolute atomic E-state index is 0.170. The van der Waals surface area contributed by atoms with E-state index in [1.165, 1.54) is 6.07 Å². The molecule has 0 saturated carbocycles. The molecule has 1 amide bonds. The van der Waals surface area contributed by atoms with Gasteiger partial charge in [0.15, 0.2) is 0 Å². The fourth-order valence-electron chi connectivity index (χ4n) is 3.53. The fourth-order valence-corrected chi connectivity index (χ4v) is 3.53. The van der Waals surface area contributed by atoms with Crippen LogP contribution in [0.5, 0.6) is 0 Å². The Morgan fingerprint density at radius 2 is 1.88 bits per heavy atom. The molecule has 2 atom stereocenters. The van der Waals surface area contributed by atoms with Gasteiger partial charge in [0.2, 0.25) is 0 Å². The number of nitrogens with zero attached hydrogens (tertiary/aromatic N) is 1. The first-order chi connectivity index (χ1) is 12.7. The van der Waals surface area contributed by atoms with Crippen LogP contribution in [0.25, 0.3) is 0 Å². The molecule has 2 heterocycles. The van der Waals surface area contributed by atoms with Crippen molar-refractivity contribution in [3.8, 4) is 0 Å². The number of morpholine rings is 1. The summed E-state index contributed by atoms with van der Waals surface area (Å²) >= 11 is 0. The zero-order valence-electron chi connectivity index (χ0n) is 14.4. The molecule has 0 aliphatic carbocycles. The molecule has 2 bridgehead atoms. The van der Waals surface area contributed by atoms with E-state index >= 15 is 0 Å². The lowest BCUT2D eigenvalue weighted by molar-refractivity contribution is 0.0303. The van der Waals surface area contributed by atoms with Gasteiger partial charge in [-0.3, -0.25) is 5.32 Å². The first-order valence-electron chi connectivity index (χ1n) is 8.85. The Morgan fingerprint density at radius 1 is 1.15 bits per heavy atom. The van der Waals surface area contributed by atoms with Gasteiger partial charge in [0.05, 0.1) is 17.9 Å². The minimum atomic E-state index is -0.606. The van der Waals surface area contributed by atoms with Crippen molar-refractivity contribution in [3.05, 3.63) is 59.9 Å². The second-order valence-corrected chi connectivity index (χ2v) is 6.72. The summed E-state index contributed by atoms with van der Waals surface area (Å²) in [4.78, 5) is 13.9. The van der Waals surface area contributed by atoms with Crippen LogP contribution in [0.15, 0.2) is 48.5 Å². The van der Waals surface area contributed by atoms with E-state index in [0.29, 0.717) is 24.5 Å². The van der Waals surface area contributed by atoms with Gasteiger partial charge in [-0.25, -0.2) is 9.18 Å². The first-order valence-corrected chi connectivity index (χ1v) is 8.85. The van der Waals surface area contributed by atoms with Gasteiger partial charge in [-0.2, -0.15) is 0 Å². The Hall–Kier alpha value is -2.60. The fraction of sp³-hybridized carbons (Fsp3) is 0.350. The molecule has 2 aromatic carbocycles. The van der Waals surface area contributed by atoms with Gasteiger partial charge >= 0.3 is 6.09 Å². The molecule has 2 aromatic rings. The van der Waals surface area contributed by atoms with Crippen LogP contribution in [0.2, 0.25) is 0 Å². The van der Waals surface area contributed by atoms with Gasteiger partial charge < -0.3 is 14.4 Å². The molecular weight excluding hydrogens is 335 g/mol. The first kappa shape index (κ1) is 16.8. The molecule has 2 aliphatic rings. The third kappa shape index (κ3) is 3.80. The summed E-state index contributed by atoms with van der Waals surface area (Å²) in [6.45, 7) is 1.59. The zero-order valence-corrected chi connectivity index (χ0v) is 14.4. The number of carbonyl (C=O) groups is 1. The van der Waals surface area contributed by atoms with Crippen LogP contribution in [-0.2, 0) is 16.1 Å². The van der Waals surface area contributed by atoms with Crippen molar-refractivity contribution in [2.45, 2.75) is 31.7 Å². The van der Waals surface area contributed by atoms with Crippen LogP contribution in [0.4, 0.5) is 20.6 Å². The molecule has 0 radical (unpaired) electrons. The van der Waals surface area contributed by atoms with Gasteiger partial charge in [0.25, 0.3) is 0 Å². The van der Waals surface area contributed by atoms with Crippen molar-refractivity contribution in [2.75, 3.05) is 23.3 Å². The topological polar surface area (TPSA) is 50.8 Å². The van der Waals surface area contributed by atoms with E-state index in [0.717, 1.165) is 18.4 Å². The average Bonchev–Trinajstić information content (AvgIpc) is 2.99. The smallest absolute Gasteiger partial charge is 0.411 e. The highest BCUT2D eigenvalue weighted by Crippen LogP contribution is 2.31. The number of benzene rings is 2. The molecule has 136 valence electrons. The van der Waals surface area contributed by atoms with E-state index < -0.39 is 6.09 Å². The minimum Gasteiger partial charge on any atom is -0.444 e. The standard InChI is InChI=1S/C20H21FN2O3/c21-18-10-15(22-20(24)25-13-14-4-2-1-3-5-14)6-9-19(18)23-11-16-7-8-17(12-23)26-16/h1-6,9-10,16-17H,7-8,11-13H2,(H,22,24). The number of nitrogens with one attached hydrogen (secondary N) is 1. The Balaban J connectivity index is 1.36. The van der Waals surface area contributed by atoms with Crippen LogP contribution in [0.1, 0.15) is 18.4 Å². The Labute approximate surface area is 151 Å². The lowest BCUT2D eigenvalue weighted by atomic mass is 10.2. The van der Waals surface area contributed by atoms with Crippen LogP contribution in [0, 0.1) is 5.82 Å². The lowest BCUT2D eigenvalue weighted by Gasteiger charge is -2.34. The van der Waals surface area contributed by atoms with Crippen molar-refractivity contribution in [3.63, 3.8) is 0 Å². The number of carbonyl (C=O) groups excluding carboxylic acids is 1. The number of hydrogen-bond acceptors (Lipinski definition) is 4. The molecule has 5 nitrogen and oxygen atoms in total. The van der Waals surface area contributed by atoms with Crippen LogP contribution in [0.3, 0.4) is 0 Å². The second-order valence-electron chi connectivity index (χ2n) is 6.72. The number of amides is 1. The summed E-state index contributed by atoms with van der Waals surface area (Å²) in [6.07, 6.45) is 1.86. The molecule has 0 spiro atoms. The molecule has 2 unspecified atom stereocenters. The molecule has 1 N–H and O–H groups in total. The van der Waals surface area contributed by atoms with Crippen molar-refractivity contribution in [1.82, 2.24) is 0 Å². The normalized spacial score (nSPS) is 21.5. The molecule has 0 aromatic heterocycles. The number of anilines is 2. The third-order valence-electron chi connectivity index (χ3n) is 4.79. The monoisotopic (exact) mass is 356 g/mol. The predicted molar refractivity (Wildman–Crippen MR) is 96.8 cm³/mol. The van der Waals surface area contributed by atoms with Gasteiger partial charge in [-0.05, 0) is 36.6 Å². The van der Waals surface area contributed by atoms with E-state index in [4.69, 9.17) is 9.47 Å². The molecule has 6 heteroatoms. The Kier molecular flexibility index (Phi) is 4.75. The van der Waals surface area contributed by atoms with Crippen molar-refractivity contribution in [2.24, 2.45) is 0 Å². The van der Waals surface area contributed by atoms with E-state index in [-0.39, 0.29) is 24.6 Å². The summed E-state index contributed by atoms with van der Waals surface area (Å²) in [5, 5.41) is 2.57. The van der Waals surface area contributed by atoms with Crippen LogP contribution >= 0.6 is 0 Å². The second kappa shape index (κ2) is 7.33. The molecule has 26 heavy (non-hydrogen) atoms. The van der Waals surface area contributed by atoms with Crippen LogP contribution < -0.4 is 10.2 Å². The van der Waals surface area contributed by atoms with Gasteiger partial charge in [0, 0.05) is 18.8 Å². The highest BCUT2D eigenvalue weighted by molar-refractivity contribution is 5.85. The zero-order chi connectivity index (χ0) is 17.9. The summed E-state index contributed by atoms with van der Waals surface area (Å²) in [6, 6.07) is 14.1. The summed E-state index contributed by atoms with van der Waals surface area (Å²) in [5.74, 6) is -0.354. The number of fused-ring (bicyclic) bond motifs is 2. The summed E-state index contributed by atoms with van der Waals surface area (Å²) in [5.41, 5.74) is 1.82. The molecule has 2 saturated heterocycles. The van der Waals surface area contributed by atoms with E-state index in [1.54, 1.807) is 12.1 Å². The molecular formula is C20H21FN2O3. The van der Waals surface area contributed by atoms with E-state index in [1.807, 2.05) is 35.2 Å². The predicted octanol–water partition coefficient (Wildman–Crippen LogP) is 3.94. The molecule has 4 rings (SSSR count). The maximum Gasteiger partial charge on any atom is 0.411 e. The number of rotatable bonds is 4. The van der Waals surface area contributed by atoms with Crippen molar-refractivity contribution >= 4 is 17.5 Å². The average molecular weight is 356 g/mol. The maximum absolute atomic E-state index is 14.5. The highest BCUT2D eigenvalue weighted by atomic mass is 19.1. The van der Waals surface area contributed by atoms with Crippen LogP contribution in [-0.4, -0.2) is 31.4 Å². The Morgan fingerprint density at radius 3 is 2.58 bits per heavy atom. The third-order valence-corrected chi connectivity index (χ3v) is 4.79. The highest BCUT2D eigenvalue weighted by Gasteiger charge is 2.34. The van der Waals surface area contributed by atoms with Gasteiger partial charge in [-0.15, -0.1) is 0 Å². The largest absolute Gasteiger partial charge is 0.444 e. The van der Waals surface area contributed by atoms with Gasteiger partial charge in [-0.1, -0.05) is 30.3 Å². The Bertz CT molecular complexity index is 772. The number of ether oxygens (including phenoxy) is 2. The van der Waals surface area contributed by atoms with Gasteiger partial charge in [0.1, 0.15) is 12.4 Å². The van der Waals surface area contributed by atoms with E-state index in [2.05, 4.69) is 5.32 Å². The van der Waals surface area contributed by atoms with E-state index in [9.17, 15) is 9.18 Å². The van der Waals surface area contributed by atoms with Crippen molar-refractivity contribution in [1.29, 1.82) is 0 Å². The molecule has 2 aliphatic heterocycles. The lowest BCUT2D eigenvalue weighted by Crippen LogP contribution is -2.43. The van der Waals surface area contributed by atoms with Crippen molar-refractivity contribution < 1.29 is 18.7 Å². The SMILES string of the molecule is O=C(Nc1ccc(N2CC3CCC(C2)O3)c(F)c1)OCc1ccccc1. The quantitative estimate of drug-likeness (QED) is 0.901.